The minimum atomic E-state index is -0.328. The van der Waals surface area contributed by atoms with E-state index in [4.69, 9.17) is 5.26 Å². The number of rotatable bonds is 6. The quantitative estimate of drug-likeness (QED) is 0.817. The molecule has 1 rings (SSSR count). The van der Waals surface area contributed by atoms with Crippen LogP contribution in [0.1, 0.15) is 25.3 Å². The number of hydrogen-bond acceptors (Lipinski definition) is 3. The molecule has 0 spiro atoms. The standard InChI is InChI=1S/C14H20N2O/c1-14(12-17,9-6-10-15)16(2)11-13-7-4-3-5-8-13/h3-5,7-8,17H,6,9,11-12H2,1-2H3. The Morgan fingerprint density at radius 3 is 2.53 bits per heavy atom. The van der Waals surface area contributed by atoms with Gasteiger partial charge in [-0.05, 0) is 26.0 Å². The molecule has 17 heavy (non-hydrogen) atoms. The van der Waals surface area contributed by atoms with E-state index in [1.165, 1.54) is 5.56 Å². The van der Waals surface area contributed by atoms with Crippen molar-refractivity contribution >= 4 is 0 Å². The lowest BCUT2D eigenvalue weighted by atomic mass is 9.94. The Hall–Kier alpha value is -1.37. The Balaban J connectivity index is 2.67. The van der Waals surface area contributed by atoms with Crippen LogP contribution in [0.5, 0.6) is 0 Å². The summed E-state index contributed by atoms with van der Waals surface area (Å²) >= 11 is 0. The van der Waals surface area contributed by atoms with Crippen LogP contribution in [0.2, 0.25) is 0 Å². The van der Waals surface area contributed by atoms with Crippen molar-refractivity contribution in [2.75, 3.05) is 13.7 Å². The fourth-order valence-electron chi connectivity index (χ4n) is 1.76. The summed E-state index contributed by atoms with van der Waals surface area (Å²) in [7, 11) is 1.99. The fourth-order valence-corrected chi connectivity index (χ4v) is 1.76. The zero-order valence-electron chi connectivity index (χ0n) is 10.6. The van der Waals surface area contributed by atoms with Gasteiger partial charge in [-0.2, -0.15) is 5.26 Å². The molecule has 0 aliphatic heterocycles. The van der Waals surface area contributed by atoms with E-state index < -0.39 is 0 Å². The molecule has 0 fully saturated rings. The summed E-state index contributed by atoms with van der Waals surface area (Å²) < 4.78 is 0. The molecule has 0 amide bonds. The Morgan fingerprint density at radius 1 is 1.35 bits per heavy atom. The first-order valence-corrected chi connectivity index (χ1v) is 5.85. The first-order valence-electron chi connectivity index (χ1n) is 5.85. The van der Waals surface area contributed by atoms with Crippen LogP contribution in [0.15, 0.2) is 30.3 Å². The van der Waals surface area contributed by atoms with E-state index in [0.717, 1.165) is 6.54 Å². The fraction of sp³-hybridized carbons (Fsp3) is 0.500. The minimum absolute atomic E-state index is 0.0675. The van der Waals surface area contributed by atoms with Gasteiger partial charge in [-0.3, -0.25) is 4.90 Å². The number of aliphatic hydroxyl groups is 1. The zero-order valence-corrected chi connectivity index (χ0v) is 10.6. The summed E-state index contributed by atoms with van der Waals surface area (Å²) in [6.45, 7) is 2.84. The molecule has 1 aromatic rings. The maximum atomic E-state index is 9.51. The molecule has 1 unspecified atom stereocenters. The monoisotopic (exact) mass is 232 g/mol. The molecule has 0 heterocycles. The molecular weight excluding hydrogens is 212 g/mol. The van der Waals surface area contributed by atoms with Crippen LogP contribution in [0.3, 0.4) is 0 Å². The van der Waals surface area contributed by atoms with E-state index in [1.807, 2.05) is 32.2 Å². The van der Waals surface area contributed by atoms with Crippen molar-refractivity contribution in [3.63, 3.8) is 0 Å². The van der Waals surface area contributed by atoms with Crippen molar-refractivity contribution in [2.24, 2.45) is 0 Å². The molecule has 3 heteroatoms. The number of nitrogens with zero attached hydrogens (tertiary/aromatic N) is 2. The minimum Gasteiger partial charge on any atom is -0.394 e. The van der Waals surface area contributed by atoms with E-state index in [9.17, 15) is 5.11 Å². The molecule has 1 aromatic carbocycles. The number of hydrogen-bond donors (Lipinski definition) is 1. The summed E-state index contributed by atoms with van der Waals surface area (Å²) in [4.78, 5) is 2.11. The summed E-state index contributed by atoms with van der Waals surface area (Å²) in [5.41, 5.74) is 0.887. The van der Waals surface area contributed by atoms with Gasteiger partial charge in [-0.1, -0.05) is 30.3 Å². The Bertz CT molecular complexity index is 372. The number of aliphatic hydroxyl groups excluding tert-OH is 1. The van der Waals surface area contributed by atoms with E-state index in [-0.39, 0.29) is 12.1 Å². The lowest BCUT2D eigenvalue weighted by Crippen LogP contribution is -2.46. The summed E-state index contributed by atoms with van der Waals surface area (Å²) in [6, 6.07) is 12.3. The molecular formula is C14H20N2O. The normalized spacial score (nSPS) is 14.3. The highest BCUT2D eigenvalue weighted by molar-refractivity contribution is 5.14. The molecule has 1 atom stereocenters. The van der Waals surface area contributed by atoms with Crippen LogP contribution < -0.4 is 0 Å². The van der Waals surface area contributed by atoms with Crippen LogP contribution in [0.25, 0.3) is 0 Å². The topological polar surface area (TPSA) is 47.3 Å². The van der Waals surface area contributed by atoms with Crippen molar-refractivity contribution in [2.45, 2.75) is 31.8 Å². The van der Waals surface area contributed by atoms with Crippen LogP contribution in [0.4, 0.5) is 0 Å². The highest BCUT2D eigenvalue weighted by atomic mass is 16.3. The van der Waals surface area contributed by atoms with Gasteiger partial charge in [0, 0.05) is 18.5 Å². The molecule has 1 N–H and O–H groups in total. The summed E-state index contributed by atoms with van der Waals surface area (Å²) in [5, 5.41) is 18.2. The Labute approximate surface area is 103 Å². The van der Waals surface area contributed by atoms with Crippen LogP contribution in [0, 0.1) is 11.3 Å². The lowest BCUT2D eigenvalue weighted by molar-refractivity contribution is 0.0520. The number of likely N-dealkylation sites (N-methyl/N-ethyl adjacent to an activating group) is 1. The number of nitriles is 1. The molecule has 3 nitrogen and oxygen atoms in total. The van der Waals surface area contributed by atoms with Crippen LogP contribution in [-0.2, 0) is 6.54 Å². The van der Waals surface area contributed by atoms with E-state index in [0.29, 0.717) is 12.8 Å². The first kappa shape index (κ1) is 13.7. The Kier molecular flexibility index (Phi) is 5.14. The molecule has 92 valence electrons. The second kappa shape index (κ2) is 6.39. The smallest absolute Gasteiger partial charge is 0.0622 e. The predicted octanol–water partition coefficient (Wildman–Crippen LogP) is 2.17. The molecule has 0 aliphatic carbocycles. The average Bonchev–Trinajstić information content (AvgIpc) is 2.37. The number of benzene rings is 1. The van der Waals surface area contributed by atoms with Crippen molar-refractivity contribution in [1.82, 2.24) is 4.90 Å². The van der Waals surface area contributed by atoms with Crippen molar-refractivity contribution in [3.8, 4) is 6.07 Å². The van der Waals surface area contributed by atoms with Gasteiger partial charge in [0.25, 0.3) is 0 Å². The van der Waals surface area contributed by atoms with Crippen molar-refractivity contribution in [3.05, 3.63) is 35.9 Å². The van der Waals surface area contributed by atoms with Gasteiger partial charge < -0.3 is 5.11 Å². The third-order valence-corrected chi connectivity index (χ3v) is 3.30. The molecule has 0 radical (unpaired) electrons. The maximum absolute atomic E-state index is 9.51. The first-order chi connectivity index (χ1) is 8.12. The molecule has 0 bridgehead atoms. The lowest BCUT2D eigenvalue weighted by Gasteiger charge is -2.37. The molecule has 0 aromatic heterocycles. The highest BCUT2D eigenvalue weighted by Gasteiger charge is 2.27. The van der Waals surface area contributed by atoms with Gasteiger partial charge in [-0.15, -0.1) is 0 Å². The predicted molar refractivity (Wildman–Crippen MR) is 68.2 cm³/mol. The van der Waals surface area contributed by atoms with Crippen LogP contribution >= 0.6 is 0 Å². The third-order valence-electron chi connectivity index (χ3n) is 3.30. The second-order valence-electron chi connectivity index (χ2n) is 4.65. The maximum Gasteiger partial charge on any atom is 0.0622 e. The zero-order chi connectivity index (χ0) is 12.7. The molecule has 0 saturated heterocycles. The molecule has 0 saturated carbocycles. The second-order valence-corrected chi connectivity index (χ2v) is 4.65. The van der Waals surface area contributed by atoms with E-state index in [1.54, 1.807) is 0 Å². The molecule has 0 aliphatic rings. The largest absolute Gasteiger partial charge is 0.394 e. The average molecular weight is 232 g/mol. The van der Waals surface area contributed by atoms with Crippen molar-refractivity contribution in [1.29, 1.82) is 5.26 Å². The SMILES string of the molecule is CN(Cc1ccccc1)C(C)(CO)CCC#N. The van der Waals surface area contributed by atoms with Gasteiger partial charge in [0.15, 0.2) is 0 Å². The highest BCUT2D eigenvalue weighted by Crippen LogP contribution is 2.21. The van der Waals surface area contributed by atoms with Gasteiger partial charge in [-0.25, -0.2) is 0 Å². The van der Waals surface area contributed by atoms with Gasteiger partial charge >= 0.3 is 0 Å². The van der Waals surface area contributed by atoms with Gasteiger partial charge in [0.2, 0.25) is 0 Å². The van der Waals surface area contributed by atoms with Gasteiger partial charge in [0.1, 0.15) is 0 Å². The van der Waals surface area contributed by atoms with E-state index >= 15 is 0 Å². The summed E-state index contributed by atoms with van der Waals surface area (Å²) in [6.07, 6.45) is 1.15. The van der Waals surface area contributed by atoms with Gasteiger partial charge in [0.05, 0.1) is 12.7 Å². The van der Waals surface area contributed by atoms with Crippen LogP contribution in [-0.4, -0.2) is 29.2 Å². The Morgan fingerprint density at radius 2 is 2.00 bits per heavy atom. The van der Waals surface area contributed by atoms with E-state index in [2.05, 4.69) is 23.1 Å². The summed E-state index contributed by atoms with van der Waals surface area (Å²) in [5.74, 6) is 0. The third kappa shape index (κ3) is 3.85. The van der Waals surface area contributed by atoms with Crippen molar-refractivity contribution < 1.29 is 5.11 Å².